The van der Waals surface area contributed by atoms with Crippen molar-refractivity contribution in [3.63, 3.8) is 0 Å². The standard InChI is InChI=1S/C13H8N6O4/c14-17-16-12-7-10(18(20)21)8-13(19(22)23)11(12)2-1-9-3-5-15-6-4-9/h1-8H/b2-1+. The topological polar surface area (TPSA) is 148 Å². The highest BCUT2D eigenvalue weighted by Crippen LogP contribution is 2.35. The minimum Gasteiger partial charge on any atom is -0.265 e. The van der Waals surface area contributed by atoms with Gasteiger partial charge in [0.25, 0.3) is 11.4 Å². The summed E-state index contributed by atoms with van der Waals surface area (Å²) in [4.78, 5) is 26.9. The van der Waals surface area contributed by atoms with E-state index in [0.29, 0.717) is 5.56 Å². The lowest BCUT2D eigenvalue weighted by Gasteiger charge is -2.02. The van der Waals surface area contributed by atoms with Crippen LogP contribution in [0.5, 0.6) is 0 Å². The molecular formula is C13H8N6O4. The molecule has 0 unspecified atom stereocenters. The summed E-state index contributed by atoms with van der Waals surface area (Å²) in [5, 5.41) is 25.3. The predicted octanol–water partition coefficient (Wildman–Crippen LogP) is 4.01. The molecule has 0 amide bonds. The summed E-state index contributed by atoms with van der Waals surface area (Å²) in [7, 11) is 0. The van der Waals surface area contributed by atoms with Gasteiger partial charge in [0.1, 0.15) is 0 Å². The van der Waals surface area contributed by atoms with E-state index in [9.17, 15) is 20.2 Å². The number of nitrogens with zero attached hydrogens (tertiary/aromatic N) is 6. The maximum absolute atomic E-state index is 11.2. The van der Waals surface area contributed by atoms with Crippen molar-refractivity contribution in [2.45, 2.75) is 0 Å². The van der Waals surface area contributed by atoms with Gasteiger partial charge in [0.2, 0.25) is 0 Å². The molecule has 0 aliphatic heterocycles. The summed E-state index contributed by atoms with van der Waals surface area (Å²) < 4.78 is 0. The van der Waals surface area contributed by atoms with Crippen LogP contribution < -0.4 is 0 Å². The summed E-state index contributed by atoms with van der Waals surface area (Å²) in [5.41, 5.74) is 8.02. The third-order valence-corrected chi connectivity index (χ3v) is 2.83. The van der Waals surface area contributed by atoms with E-state index in [1.165, 1.54) is 18.5 Å². The summed E-state index contributed by atoms with van der Waals surface area (Å²) in [5.74, 6) is 0. The highest BCUT2D eigenvalue weighted by molar-refractivity contribution is 5.82. The van der Waals surface area contributed by atoms with Gasteiger partial charge in [-0.05, 0) is 29.3 Å². The van der Waals surface area contributed by atoms with Gasteiger partial charge < -0.3 is 0 Å². The molecule has 0 bridgehead atoms. The van der Waals surface area contributed by atoms with E-state index < -0.39 is 21.2 Å². The number of rotatable bonds is 5. The van der Waals surface area contributed by atoms with Gasteiger partial charge in [-0.2, -0.15) is 0 Å². The smallest absolute Gasteiger partial charge is 0.265 e. The lowest BCUT2D eigenvalue weighted by Crippen LogP contribution is -1.95. The Hall–Kier alpha value is -3.78. The van der Waals surface area contributed by atoms with Crippen molar-refractivity contribution >= 4 is 29.2 Å². The molecule has 10 heteroatoms. The molecule has 0 radical (unpaired) electrons. The van der Waals surface area contributed by atoms with Crippen LogP contribution in [0.3, 0.4) is 0 Å². The largest absolute Gasteiger partial charge is 0.283 e. The average molecular weight is 312 g/mol. The summed E-state index contributed by atoms with van der Waals surface area (Å²) in [6, 6.07) is 5.14. The maximum atomic E-state index is 11.2. The molecule has 1 heterocycles. The fourth-order valence-corrected chi connectivity index (χ4v) is 1.82. The number of hydrogen-bond acceptors (Lipinski definition) is 6. The zero-order valence-corrected chi connectivity index (χ0v) is 11.4. The number of nitro groups is 2. The van der Waals surface area contributed by atoms with E-state index in [1.807, 2.05) is 0 Å². The average Bonchev–Trinajstić information content (AvgIpc) is 2.54. The fraction of sp³-hybridized carbons (Fsp3) is 0. The molecule has 0 N–H and O–H groups in total. The van der Waals surface area contributed by atoms with E-state index in [4.69, 9.17) is 5.53 Å². The van der Waals surface area contributed by atoms with Crippen molar-refractivity contribution in [2.75, 3.05) is 0 Å². The van der Waals surface area contributed by atoms with Crippen molar-refractivity contribution in [1.29, 1.82) is 0 Å². The van der Waals surface area contributed by atoms with Crippen LogP contribution in [0.15, 0.2) is 41.8 Å². The normalized spacial score (nSPS) is 10.3. The van der Waals surface area contributed by atoms with Crippen LogP contribution in [-0.2, 0) is 0 Å². The first-order chi connectivity index (χ1) is 11.0. The van der Waals surface area contributed by atoms with Crippen LogP contribution in [0.1, 0.15) is 11.1 Å². The Morgan fingerprint density at radius 3 is 2.39 bits per heavy atom. The molecule has 0 saturated heterocycles. The Morgan fingerprint density at radius 1 is 1.13 bits per heavy atom. The minimum absolute atomic E-state index is 0.0183. The molecule has 0 aliphatic carbocycles. The maximum Gasteiger partial charge on any atom is 0.283 e. The Bertz CT molecular complexity index is 820. The lowest BCUT2D eigenvalue weighted by atomic mass is 10.1. The van der Waals surface area contributed by atoms with E-state index in [-0.39, 0.29) is 11.3 Å². The second-order valence-electron chi connectivity index (χ2n) is 4.22. The molecule has 0 saturated carbocycles. The number of nitro benzene ring substituents is 2. The van der Waals surface area contributed by atoms with Gasteiger partial charge in [-0.25, -0.2) is 0 Å². The molecule has 0 fully saturated rings. The summed E-state index contributed by atoms with van der Waals surface area (Å²) in [6.07, 6.45) is 5.99. The molecule has 23 heavy (non-hydrogen) atoms. The van der Waals surface area contributed by atoms with Crippen molar-refractivity contribution in [1.82, 2.24) is 4.98 Å². The SMILES string of the molecule is [N-]=[N+]=Nc1cc([N+](=O)[O-])cc([N+](=O)[O-])c1/C=C/c1ccncc1. The van der Waals surface area contributed by atoms with Crippen LogP contribution in [0.25, 0.3) is 22.6 Å². The highest BCUT2D eigenvalue weighted by atomic mass is 16.6. The Kier molecular flexibility index (Phi) is 4.60. The second kappa shape index (κ2) is 6.78. The molecule has 0 atom stereocenters. The first kappa shape index (κ1) is 15.6. The molecule has 114 valence electrons. The molecule has 0 aliphatic rings. The van der Waals surface area contributed by atoms with Crippen LogP contribution in [0.4, 0.5) is 17.1 Å². The van der Waals surface area contributed by atoms with Crippen molar-refractivity contribution in [2.24, 2.45) is 5.11 Å². The highest BCUT2D eigenvalue weighted by Gasteiger charge is 2.22. The van der Waals surface area contributed by atoms with Gasteiger partial charge in [-0.3, -0.25) is 25.2 Å². The van der Waals surface area contributed by atoms with Crippen LogP contribution >= 0.6 is 0 Å². The second-order valence-corrected chi connectivity index (χ2v) is 4.22. The molecule has 0 spiro atoms. The van der Waals surface area contributed by atoms with Crippen molar-refractivity contribution < 1.29 is 9.85 Å². The number of hydrogen-bond donors (Lipinski definition) is 0. The van der Waals surface area contributed by atoms with Gasteiger partial charge in [0, 0.05) is 23.4 Å². The number of aromatic nitrogens is 1. The summed E-state index contributed by atoms with van der Waals surface area (Å²) in [6.45, 7) is 0. The Morgan fingerprint density at radius 2 is 1.83 bits per heavy atom. The van der Waals surface area contributed by atoms with Crippen LogP contribution in [0.2, 0.25) is 0 Å². The first-order valence-corrected chi connectivity index (χ1v) is 6.13. The van der Waals surface area contributed by atoms with E-state index >= 15 is 0 Å². The van der Waals surface area contributed by atoms with Gasteiger partial charge in [-0.1, -0.05) is 11.2 Å². The van der Waals surface area contributed by atoms with E-state index in [1.54, 1.807) is 18.2 Å². The molecule has 1 aromatic heterocycles. The zero-order valence-electron chi connectivity index (χ0n) is 11.4. The first-order valence-electron chi connectivity index (χ1n) is 6.13. The quantitative estimate of drug-likeness (QED) is 0.269. The number of benzene rings is 1. The zero-order chi connectivity index (χ0) is 16.8. The number of non-ortho nitro benzene ring substituents is 1. The van der Waals surface area contributed by atoms with Gasteiger partial charge in [0.05, 0.1) is 27.2 Å². The van der Waals surface area contributed by atoms with E-state index in [0.717, 1.165) is 12.1 Å². The Balaban J connectivity index is 2.64. The van der Waals surface area contributed by atoms with Crippen molar-refractivity contribution in [3.8, 4) is 0 Å². The number of azide groups is 1. The van der Waals surface area contributed by atoms with Gasteiger partial charge >= 0.3 is 0 Å². The third kappa shape index (κ3) is 3.65. The molecule has 2 aromatic rings. The molecule has 2 rings (SSSR count). The van der Waals surface area contributed by atoms with Gasteiger partial charge in [-0.15, -0.1) is 0 Å². The number of pyridine rings is 1. The molecular weight excluding hydrogens is 304 g/mol. The van der Waals surface area contributed by atoms with E-state index in [2.05, 4.69) is 15.0 Å². The Labute approximate surface area is 128 Å². The summed E-state index contributed by atoms with van der Waals surface area (Å²) >= 11 is 0. The third-order valence-electron chi connectivity index (χ3n) is 2.83. The predicted molar refractivity (Wildman–Crippen MR) is 81.7 cm³/mol. The fourth-order valence-electron chi connectivity index (χ4n) is 1.82. The molecule has 1 aromatic carbocycles. The monoisotopic (exact) mass is 312 g/mol. The van der Waals surface area contributed by atoms with Crippen LogP contribution in [0, 0.1) is 20.2 Å². The van der Waals surface area contributed by atoms with Crippen LogP contribution in [-0.4, -0.2) is 14.8 Å². The lowest BCUT2D eigenvalue weighted by molar-refractivity contribution is -0.394. The minimum atomic E-state index is -0.792. The van der Waals surface area contributed by atoms with Crippen molar-refractivity contribution in [3.05, 3.63) is 78.5 Å². The molecule has 10 nitrogen and oxygen atoms in total. The van der Waals surface area contributed by atoms with Gasteiger partial charge in [0.15, 0.2) is 0 Å².